The minimum Gasteiger partial charge on any atom is -0.194 e. The van der Waals surface area contributed by atoms with Gasteiger partial charge < -0.3 is 0 Å². The van der Waals surface area contributed by atoms with Gasteiger partial charge in [-0.1, -0.05) is 18.2 Å². The normalized spacial score (nSPS) is 10.9. The van der Waals surface area contributed by atoms with Crippen molar-refractivity contribution in [1.29, 1.82) is 0 Å². The van der Waals surface area contributed by atoms with Gasteiger partial charge in [0.2, 0.25) is 0 Å². The molecule has 2 aromatic rings. The van der Waals surface area contributed by atoms with Crippen LogP contribution < -0.4 is 0 Å². The Labute approximate surface area is 87.5 Å². The summed E-state index contributed by atoms with van der Waals surface area (Å²) in [4.78, 5) is 0. The first kappa shape index (κ1) is 8.44. The lowest BCUT2D eigenvalue weighted by atomic mass is 10.2. The maximum atomic E-state index is 13.1. The third kappa shape index (κ3) is 1.15. The summed E-state index contributed by atoms with van der Waals surface area (Å²) in [5.41, 5.74) is 1.15. The molecule has 0 aliphatic heterocycles. The minimum atomic E-state index is -0.0695. The zero-order valence-corrected chi connectivity index (χ0v) is 9.37. The van der Waals surface area contributed by atoms with Crippen LogP contribution in [0.5, 0.6) is 0 Å². The Morgan fingerprint density at radius 3 is 2.83 bits per heavy atom. The Morgan fingerprint density at radius 2 is 2.17 bits per heavy atom. The summed E-state index contributed by atoms with van der Waals surface area (Å²) in [5, 5.41) is 0.970. The van der Waals surface area contributed by atoms with Crippen molar-refractivity contribution >= 4 is 44.0 Å². The Kier molecular flexibility index (Phi) is 2.08. The predicted octanol–water partition coefficient (Wildman–Crippen LogP) is 3.95. The van der Waals surface area contributed by atoms with E-state index in [2.05, 4.69) is 0 Å². The van der Waals surface area contributed by atoms with Crippen molar-refractivity contribution in [2.45, 2.75) is 6.92 Å². The zero-order valence-electron chi connectivity index (χ0n) is 6.40. The first-order valence-corrected chi connectivity index (χ1v) is 5.43. The van der Waals surface area contributed by atoms with Crippen LogP contribution in [0.1, 0.15) is 5.56 Å². The highest BCUT2D eigenvalue weighted by molar-refractivity contribution is 14.1. The van der Waals surface area contributed by atoms with Crippen LogP contribution in [0.25, 0.3) is 10.1 Å². The fraction of sp³-hybridized carbons (Fsp3) is 0.111. The maximum Gasteiger partial charge on any atom is 0.190 e. The average Bonchev–Trinajstić information content (AvgIpc) is 2.32. The standard InChI is InChI=1S/C9H6FIS/c1-5-3-2-4-6-7(11)9(10)12-8(5)6/h2-4H,1H3. The van der Waals surface area contributed by atoms with Gasteiger partial charge in [0.25, 0.3) is 0 Å². The monoisotopic (exact) mass is 292 g/mol. The molecule has 0 N–H and O–H groups in total. The molecule has 2 rings (SSSR count). The molecule has 0 nitrogen and oxygen atoms in total. The summed E-state index contributed by atoms with van der Waals surface area (Å²) < 4.78 is 14.9. The van der Waals surface area contributed by atoms with Gasteiger partial charge in [-0.25, -0.2) is 0 Å². The summed E-state index contributed by atoms with van der Waals surface area (Å²) in [7, 11) is 0. The maximum absolute atomic E-state index is 13.1. The topological polar surface area (TPSA) is 0 Å². The highest BCUT2D eigenvalue weighted by atomic mass is 127. The van der Waals surface area contributed by atoms with E-state index < -0.39 is 0 Å². The Hall–Kier alpha value is -0.160. The molecule has 0 saturated carbocycles. The van der Waals surface area contributed by atoms with Gasteiger partial charge in [-0.2, -0.15) is 4.39 Å². The molecule has 0 spiro atoms. The lowest BCUT2D eigenvalue weighted by Crippen LogP contribution is -1.72. The van der Waals surface area contributed by atoms with E-state index in [1.165, 1.54) is 11.3 Å². The molecule has 1 heterocycles. The quantitative estimate of drug-likeness (QED) is 0.645. The first-order valence-electron chi connectivity index (χ1n) is 3.53. The van der Waals surface area contributed by atoms with Crippen LogP contribution in [-0.4, -0.2) is 0 Å². The molecule has 0 aliphatic rings. The third-order valence-corrected chi connectivity index (χ3v) is 4.36. The lowest BCUT2D eigenvalue weighted by Gasteiger charge is -1.92. The van der Waals surface area contributed by atoms with Crippen LogP contribution in [-0.2, 0) is 0 Å². The van der Waals surface area contributed by atoms with Crippen LogP contribution in [0.2, 0.25) is 0 Å². The lowest BCUT2D eigenvalue weighted by molar-refractivity contribution is 0.652. The highest BCUT2D eigenvalue weighted by Gasteiger charge is 2.09. The molecular weight excluding hydrogens is 286 g/mol. The van der Waals surface area contributed by atoms with E-state index in [0.29, 0.717) is 0 Å². The fourth-order valence-electron chi connectivity index (χ4n) is 1.20. The summed E-state index contributed by atoms with van der Waals surface area (Å²) >= 11 is 3.28. The number of hydrogen-bond donors (Lipinski definition) is 0. The number of thiophene rings is 1. The SMILES string of the molecule is Cc1cccc2c(I)c(F)sc12. The van der Waals surface area contributed by atoms with Crippen molar-refractivity contribution in [1.82, 2.24) is 0 Å². The number of aryl methyl sites for hydroxylation is 1. The van der Waals surface area contributed by atoms with Gasteiger partial charge in [-0.3, -0.25) is 0 Å². The van der Waals surface area contributed by atoms with Gasteiger partial charge in [0, 0.05) is 10.1 Å². The second kappa shape index (κ2) is 2.96. The van der Waals surface area contributed by atoms with E-state index in [1.807, 2.05) is 47.7 Å². The van der Waals surface area contributed by atoms with E-state index >= 15 is 0 Å². The van der Waals surface area contributed by atoms with Gasteiger partial charge in [0.1, 0.15) is 0 Å². The molecule has 0 radical (unpaired) electrons. The number of fused-ring (bicyclic) bond motifs is 1. The van der Waals surface area contributed by atoms with E-state index in [0.717, 1.165) is 19.2 Å². The van der Waals surface area contributed by atoms with Crippen molar-refractivity contribution in [3.63, 3.8) is 0 Å². The van der Waals surface area contributed by atoms with Crippen molar-refractivity contribution in [3.05, 3.63) is 32.5 Å². The van der Waals surface area contributed by atoms with Crippen molar-refractivity contribution in [2.75, 3.05) is 0 Å². The average molecular weight is 292 g/mol. The third-order valence-electron chi connectivity index (χ3n) is 1.81. The van der Waals surface area contributed by atoms with Crippen LogP contribution in [0.3, 0.4) is 0 Å². The van der Waals surface area contributed by atoms with E-state index in [-0.39, 0.29) is 5.13 Å². The molecule has 0 fully saturated rings. The number of hydrogen-bond acceptors (Lipinski definition) is 1. The Morgan fingerprint density at radius 1 is 1.42 bits per heavy atom. The van der Waals surface area contributed by atoms with Gasteiger partial charge in [-0.05, 0) is 35.1 Å². The summed E-state index contributed by atoms with van der Waals surface area (Å²) in [6.07, 6.45) is 0. The second-order valence-electron chi connectivity index (χ2n) is 2.64. The number of rotatable bonds is 0. The molecule has 0 atom stereocenters. The summed E-state index contributed by atoms with van der Waals surface area (Å²) in [6, 6.07) is 5.93. The Bertz CT molecular complexity index is 433. The van der Waals surface area contributed by atoms with Crippen molar-refractivity contribution in [2.24, 2.45) is 0 Å². The van der Waals surface area contributed by atoms with Crippen LogP contribution in [0.15, 0.2) is 18.2 Å². The molecule has 0 bridgehead atoms. The van der Waals surface area contributed by atoms with Gasteiger partial charge in [-0.15, -0.1) is 11.3 Å². The van der Waals surface area contributed by atoms with E-state index in [4.69, 9.17) is 0 Å². The van der Waals surface area contributed by atoms with Crippen LogP contribution in [0.4, 0.5) is 4.39 Å². The summed E-state index contributed by atoms with van der Waals surface area (Å²) in [6.45, 7) is 2.01. The van der Waals surface area contributed by atoms with E-state index in [1.54, 1.807) is 0 Å². The fourth-order valence-corrected chi connectivity index (χ4v) is 3.05. The molecule has 0 aliphatic carbocycles. The molecule has 1 aromatic carbocycles. The molecule has 1 aromatic heterocycles. The minimum absolute atomic E-state index is 0.0695. The number of benzene rings is 1. The van der Waals surface area contributed by atoms with Gasteiger partial charge >= 0.3 is 0 Å². The smallest absolute Gasteiger partial charge is 0.190 e. The van der Waals surface area contributed by atoms with Gasteiger partial charge in [0.15, 0.2) is 5.13 Å². The molecule has 3 heteroatoms. The van der Waals surface area contributed by atoms with Crippen molar-refractivity contribution < 1.29 is 4.39 Å². The highest BCUT2D eigenvalue weighted by Crippen LogP contribution is 2.32. The van der Waals surface area contributed by atoms with Crippen LogP contribution in [0, 0.1) is 15.6 Å². The summed E-state index contributed by atoms with van der Waals surface area (Å²) in [5.74, 6) is 0. The molecule has 12 heavy (non-hydrogen) atoms. The second-order valence-corrected chi connectivity index (χ2v) is 4.69. The van der Waals surface area contributed by atoms with Crippen LogP contribution >= 0.6 is 33.9 Å². The molecule has 0 unspecified atom stereocenters. The Balaban J connectivity index is 2.95. The van der Waals surface area contributed by atoms with E-state index in [9.17, 15) is 4.39 Å². The predicted molar refractivity (Wildman–Crippen MR) is 59.2 cm³/mol. The molecular formula is C9H6FIS. The van der Waals surface area contributed by atoms with Gasteiger partial charge in [0.05, 0.1) is 3.57 Å². The number of halogens is 2. The molecule has 0 saturated heterocycles. The first-order chi connectivity index (χ1) is 5.70. The van der Waals surface area contributed by atoms with Crippen molar-refractivity contribution in [3.8, 4) is 0 Å². The molecule has 0 amide bonds. The zero-order chi connectivity index (χ0) is 8.72. The largest absolute Gasteiger partial charge is 0.194 e. The molecule has 62 valence electrons.